The van der Waals surface area contributed by atoms with E-state index in [9.17, 15) is 32.1 Å². The number of anilines is 1. The number of halogens is 2. The van der Waals surface area contributed by atoms with Gasteiger partial charge < -0.3 is 5.11 Å². The Morgan fingerprint density at radius 3 is 2.38 bits per heavy atom. The SMILES string of the molecule is O=C(O)c1ccccc1NS(=O)(=O)c1cc([N+](=O)[O-])c(F)cc1F. The Bertz CT molecular complexity index is 945. The Labute approximate surface area is 133 Å². The molecule has 0 aliphatic rings. The number of para-hydroxylation sites is 1. The number of aromatic carboxylic acids is 1. The fourth-order valence-electron chi connectivity index (χ4n) is 1.82. The minimum Gasteiger partial charge on any atom is -0.478 e. The number of nitrogens with one attached hydrogen (secondary N) is 1. The van der Waals surface area contributed by atoms with Crippen molar-refractivity contribution in [2.45, 2.75) is 4.90 Å². The average molecular weight is 358 g/mol. The molecule has 0 bridgehead atoms. The lowest BCUT2D eigenvalue weighted by Crippen LogP contribution is -2.17. The van der Waals surface area contributed by atoms with Crippen molar-refractivity contribution < 1.29 is 32.0 Å². The van der Waals surface area contributed by atoms with E-state index in [0.29, 0.717) is 0 Å². The summed E-state index contributed by atoms with van der Waals surface area (Å²) in [6, 6.07) is 5.16. The molecule has 0 radical (unpaired) electrons. The van der Waals surface area contributed by atoms with Crippen molar-refractivity contribution in [1.82, 2.24) is 0 Å². The molecule has 0 unspecified atom stereocenters. The van der Waals surface area contributed by atoms with E-state index in [1.807, 2.05) is 4.72 Å². The zero-order valence-electron chi connectivity index (χ0n) is 11.6. The van der Waals surface area contributed by atoms with Gasteiger partial charge in [0.05, 0.1) is 16.2 Å². The zero-order chi connectivity index (χ0) is 18.1. The fourth-order valence-corrected chi connectivity index (χ4v) is 2.98. The third kappa shape index (κ3) is 3.30. The normalized spacial score (nSPS) is 11.1. The highest BCUT2D eigenvalue weighted by Gasteiger charge is 2.27. The van der Waals surface area contributed by atoms with Gasteiger partial charge >= 0.3 is 11.7 Å². The van der Waals surface area contributed by atoms with Crippen molar-refractivity contribution in [3.63, 3.8) is 0 Å². The van der Waals surface area contributed by atoms with E-state index >= 15 is 0 Å². The van der Waals surface area contributed by atoms with Crippen LogP contribution in [-0.4, -0.2) is 24.4 Å². The summed E-state index contributed by atoms with van der Waals surface area (Å²) in [5, 5.41) is 19.7. The number of nitrogens with zero attached hydrogens (tertiary/aromatic N) is 1. The van der Waals surface area contributed by atoms with Crippen molar-refractivity contribution in [2.24, 2.45) is 0 Å². The summed E-state index contributed by atoms with van der Waals surface area (Å²) in [6.07, 6.45) is 0. The summed E-state index contributed by atoms with van der Waals surface area (Å²) in [5.74, 6) is -4.54. The standard InChI is InChI=1S/C13H8F2N2O6S/c14-8-5-9(15)12(6-11(8)17(20)21)24(22,23)16-10-4-2-1-3-7(10)13(18)19/h1-6,16H,(H,18,19). The van der Waals surface area contributed by atoms with Gasteiger partial charge in [-0.05, 0) is 12.1 Å². The molecule has 24 heavy (non-hydrogen) atoms. The van der Waals surface area contributed by atoms with Gasteiger partial charge in [-0.1, -0.05) is 12.1 Å². The van der Waals surface area contributed by atoms with Gasteiger partial charge in [0.1, 0.15) is 10.7 Å². The number of carboxylic acids is 1. The highest BCUT2D eigenvalue weighted by Crippen LogP contribution is 2.27. The molecule has 0 amide bonds. The van der Waals surface area contributed by atoms with E-state index in [1.54, 1.807) is 0 Å². The minimum atomic E-state index is -4.73. The minimum absolute atomic E-state index is 0.0653. The topological polar surface area (TPSA) is 127 Å². The Morgan fingerprint density at radius 1 is 1.17 bits per heavy atom. The molecule has 2 aromatic carbocycles. The Hall–Kier alpha value is -3.08. The molecule has 11 heteroatoms. The second kappa shape index (κ2) is 6.20. The van der Waals surface area contributed by atoms with Gasteiger partial charge in [-0.3, -0.25) is 14.8 Å². The van der Waals surface area contributed by atoms with Gasteiger partial charge in [-0.25, -0.2) is 17.6 Å². The number of nitro groups is 1. The van der Waals surface area contributed by atoms with Crippen molar-refractivity contribution in [3.8, 4) is 0 Å². The van der Waals surface area contributed by atoms with Gasteiger partial charge in [0.15, 0.2) is 0 Å². The lowest BCUT2D eigenvalue weighted by atomic mass is 10.2. The van der Waals surface area contributed by atoms with Crippen molar-refractivity contribution in [1.29, 1.82) is 0 Å². The van der Waals surface area contributed by atoms with Crippen LogP contribution in [-0.2, 0) is 10.0 Å². The van der Waals surface area contributed by atoms with Gasteiger partial charge in [0, 0.05) is 12.1 Å². The van der Waals surface area contributed by atoms with Crippen LogP contribution in [0.5, 0.6) is 0 Å². The lowest BCUT2D eigenvalue weighted by molar-refractivity contribution is -0.387. The largest absolute Gasteiger partial charge is 0.478 e. The molecule has 0 aliphatic heterocycles. The number of rotatable bonds is 5. The van der Waals surface area contributed by atoms with Crippen molar-refractivity contribution >= 4 is 27.4 Å². The molecule has 0 fully saturated rings. The molecule has 2 rings (SSSR count). The molecule has 0 aromatic heterocycles. The van der Waals surface area contributed by atoms with Crippen LogP contribution in [0.1, 0.15) is 10.4 Å². The molecule has 0 aliphatic carbocycles. The van der Waals surface area contributed by atoms with Crippen LogP contribution in [0.2, 0.25) is 0 Å². The van der Waals surface area contributed by atoms with Crippen LogP contribution in [0.25, 0.3) is 0 Å². The maximum absolute atomic E-state index is 13.8. The number of hydrogen-bond acceptors (Lipinski definition) is 5. The molecular formula is C13H8F2N2O6S. The zero-order valence-corrected chi connectivity index (χ0v) is 12.4. The van der Waals surface area contributed by atoms with Gasteiger partial charge in [-0.15, -0.1) is 0 Å². The summed E-state index contributed by atoms with van der Waals surface area (Å²) < 4.78 is 53.3. The van der Waals surface area contributed by atoms with Crippen LogP contribution >= 0.6 is 0 Å². The predicted octanol–water partition coefficient (Wildman–Crippen LogP) is 2.37. The van der Waals surface area contributed by atoms with E-state index < -0.39 is 48.7 Å². The second-order valence-corrected chi connectivity index (χ2v) is 6.10. The summed E-state index contributed by atoms with van der Waals surface area (Å²) in [5.41, 5.74) is -2.03. The highest BCUT2D eigenvalue weighted by molar-refractivity contribution is 7.92. The molecule has 0 heterocycles. The Balaban J connectivity index is 2.55. The number of benzene rings is 2. The van der Waals surface area contributed by atoms with Crippen LogP contribution < -0.4 is 4.72 Å². The first-order valence-corrected chi connectivity index (χ1v) is 7.60. The van der Waals surface area contributed by atoms with Crippen LogP contribution in [0.4, 0.5) is 20.2 Å². The van der Waals surface area contributed by atoms with E-state index in [0.717, 1.165) is 12.1 Å². The summed E-state index contributed by atoms with van der Waals surface area (Å²) in [6.45, 7) is 0. The third-order valence-corrected chi connectivity index (χ3v) is 4.27. The molecule has 8 nitrogen and oxygen atoms in total. The van der Waals surface area contributed by atoms with Crippen LogP contribution in [0.3, 0.4) is 0 Å². The first-order valence-electron chi connectivity index (χ1n) is 6.12. The van der Waals surface area contributed by atoms with Crippen LogP contribution in [0, 0.1) is 21.7 Å². The quantitative estimate of drug-likeness (QED) is 0.624. The van der Waals surface area contributed by atoms with E-state index in [4.69, 9.17) is 5.11 Å². The first-order chi connectivity index (χ1) is 11.1. The molecule has 126 valence electrons. The van der Waals surface area contributed by atoms with E-state index in [1.165, 1.54) is 12.1 Å². The molecule has 0 saturated carbocycles. The number of nitro benzene ring substituents is 1. The number of hydrogen-bond donors (Lipinski definition) is 2. The van der Waals surface area contributed by atoms with Crippen molar-refractivity contribution in [3.05, 3.63) is 63.7 Å². The van der Waals surface area contributed by atoms with Crippen molar-refractivity contribution in [2.75, 3.05) is 4.72 Å². The first kappa shape index (κ1) is 17.3. The molecule has 2 N–H and O–H groups in total. The second-order valence-electron chi connectivity index (χ2n) is 4.45. The maximum Gasteiger partial charge on any atom is 0.337 e. The lowest BCUT2D eigenvalue weighted by Gasteiger charge is -2.11. The number of carboxylic acid groups (broad SMARTS) is 1. The number of carbonyl (C=O) groups is 1. The smallest absolute Gasteiger partial charge is 0.337 e. The molecule has 0 saturated heterocycles. The summed E-state index contributed by atoms with van der Waals surface area (Å²) in [4.78, 5) is 19.3. The predicted molar refractivity (Wildman–Crippen MR) is 77.2 cm³/mol. The molecular weight excluding hydrogens is 350 g/mol. The fraction of sp³-hybridized carbons (Fsp3) is 0. The van der Waals surface area contributed by atoms with Crippen LogP contribution in [0.15, 0.2) is 41.3 Å². The molecule has 2 aromatic rings. The van der Waals surface area contributed by atoms with Gasteiger partial charge in [0.2, 0.25) is 5.82 Å². The summed E-state index contributed by atoms with van der Waals surface area (Å²) >= 11 is 0. The van der Waals surface area contributed by atoms with Gasteiger partial charge in [-0.2, -0.15) is 4.39 Å². The Morgan fingerprint density at radius 2 is 1.79 bits per heavy atom. The van der Waals surface area contributed by atoms with E-state index in [-0.39, 0.29) is 17.8 Å². The summed E-state index contributed by atoms with van der Waals surface area (Å²) in [7, 11) is -4.73. The third-order valence-electron chi connectivity index (χ3n) is 2.89. The highest BCUT2D eigenvalue weighted by atomic mass is 32.2. The Kier molecular flexibility index (Phi) is 4.46. The van der Waals surface area contributed by atoms with Gasteiger partial charge in [0.25, 0.3) is 10.0 Å². The maximum atomic E-state index is 13.8. The average Bonchev–Trinajstić information content (AvgIpc) is 2.46. The van der Waals surface area contributed by atoms with E-state index in [2.05, 4.69) is 0 Å². The molecule has 0 atom stereocenters. The molecule has 0 spiro atoms. The monoisotopic (exact) mass is 358 g/mol. The number of sulfonamides is 1.